The standard InChI is InChI=1S/C16H22N4OS/c1-21-10-15-18-16-6-5-11(9-20(16)19-15)17-13-3-2-4-14-12(13)7-8-22-14/h7-8,11,13,17H,2-6,9-10H2,1H3. The molecule has 0 aromatic carbocycles. The molecule has 1 aliphatic heterocycles. The zero-order valence-corrected chi connectivity index (χ0v) is 13.7. The maximum absolute atomic E-state index is 5.13. The Hall–Kier alpha value is -1.24. The SMILES string of the molecule is COCc1nc2n(n1)CC(NC1CCCc3sccc31)CC2. The molecule has 0 amide bonds. The number of hydrogen-bond donors (Lipinski definition) is 1. The second-order valence-corrected chi connectivity index (χ2v) is 7.21. The maximum Gasteiger partial charge on any atom is 0.176 e. The first kappa shape index (κ1) is 14.4. The highest BCUT2D eigenvalue weighted by atomic mass is 32.1. The predicted octanol–water partition coefficient (Wildman–Crippen LogP) is 2.47. The molecule has 22 heavy (non-hydrogen) atoms. The first-order valence-corrected chi connectivity index (χ1v) is 8.95. The van der Waals surface area contributed by atoms with Gasteiger partial charge in [-0.05, 0) is 42.7 Å². The Bertz CT molecular complexity index is 650. The van der Waals surface area contributed by atoms with Gasteiger partial charge in [-0.25, -0.2) is 9.67 Å². The minimum atomic E-state index is 0.487. The highest BCUT2D eigenvalue weighted by Crippen LogP contribution is 2.34. The predicted molar refractivity (Wildman–Crippen MR) is 86.0 cm³/mol. The molecular weight excluding hydrogens is 296 g/mol. The fourth-order valence-electron chi connectivity index (χ4n) is 3.63. The van der Waals surface area contributed by atoms with E-state index in [1.165, 1.54) is 24.8 Å². The van der Waals surface area contributed by atoms with E-state index in [2.05, 4.69) is 31.5 Å². The zero-order valence-electron chi connectivity index (χ0n) is 12.9. The lowest BCUT2D eigenvalue weighted by Crippen LogP contribution is -2.40. The smallest absolute Gasteiger partial charge is 0.176 e. The van der Waals surface area contributed by atoms with Gasteiger partial charge < -0.3 is 10.1 Å². The molecule has 0 saturated heterocycles. The number of nitrogens with one attached hydrogen (secondary N) is 1. The molecule has 2 atom stereocenters. The van der Waals surface area contributed by atoms with Crippen molar-refractivity contribution in [2.24, 2.45) is 0 Å². The van der Waals surface area contributed by atoms with Crippen molar-refractivity contribution in [3.05, 3.63) is 33.5 Å². The highest BCUT2D eigenvalue weighted by molar-refractivity contribution is 7.10. The zero-order chi connectivity index (χ0) is 14.9. The molecule has 2 aromatic heterocycles. The van der Waals surface area contributed by atoms with Gasteiger partial charge in [0.2, 0.25) is 0 Å². The molecule has 2 unspecified atom stereocenters. The van der Waals surface area contributed by atoms with Crippen molar-refractivity contribution in [1.29, 1.82) is 0 Å². The lowest BCUT2D eigenvalue weighted by atomic mass is 9.92. The molecular formula is C16H22N4OS. The number of thiophene rings is 1. The van der Waals surface area contributed by atoms with Gasteiger partial charge in [-0.15, -0.1) is 11.3 Å². The Morgan fingerprint density at radius 2 is 2.36 bits per heavy atom. The second kappa shape index (κ2) is 6.10. The second-order valence-electron chi connectivity index (χ2n) is 6.21. The van der Waals surface area contributed by atoms with E-state index in [1.54, 1.807) is 12.0 Å². The summed E-state index contributed by atoms with van der Waals surface area (Å²) in [5, 5.41) is 10.7. The maximum atomic E-state index is 5.13. The molecule has 3 heterocycles. The number of rotatable bonds is 4. The van der Waals surface area contributed by atoms with Crippen molar-refractivity contribution in [2.75, 3.05) is 7.11 Å². The van der Waals surface area contributed by atoms with Gasteiger partial charge in [-0.3, -0.25) is 0 Å². The van der Waals surface area contributed by atoms with Gasteiger partial charge in [-0.1, -0.05) is 0 Å². The number of aromatic nitrogens is 3. The van der Waals surface area contributed by atoms with E-state index in [9.17, 15) is 0 Å². The van der Waals surface area contributed by atoms with Crippen molar-refractivity contribution in [3.8, 4) is 0 Å². The number of nitrogens with zero attached hydrogens (tertiary/aromatic N) is 3. The Morgan fingerprint density at radius 1 is 1.41 bits per heavy atom. The Balaban J connectivity index is 1.45. The monoisotopic (exact) mass is 318 g/mol. The molecule has 0 bridgehead atoms. The summed E-state index contributed by atoms with van der Waals surface area (Å²) in [7, 11) is 1.69. The van der Waals surface area contributed by atoms with Crippen molar-refractivity contribution < 1.29 is 4.74 Å². The van der Waals surface area contributed by atoms with E-state index in [0.29, 0.717) is 18.7 Å². The van der Waals surface area contributed by atoms with Crippen LogP contribution in [0.25, 0.3) is 0 Å². The van der Waals surface area contributed by atoms with Crippen molar-refractivity contribution in [3.63, 3.8) is 0 Å². The summed E-state index contributed by atoms with van der Waals surface area (Å²) in [5.41, 5.74) is 1.53. The van der Waals surface area contributed by atoms with E-state index >= 15 is 0 Å². The van der Waals surface area contributed by atoms with Crippen LogP contribution in [0.15, 0.2) is 11.4 Å². The van der Waals surface area contributed by atoms with Crippen molar-refractivity contribution >= 4 is 11.3 Å². The summed E-state index contributed by atoms with van der Waals surface area (Å²) in [6.07, 6.45) is 5.94. The van der Waals surface area contributed by atoms with E-state index in [-0.39, 0.29) is 0 Å². The molecule has 2 aromatic rings. The van der Waals surface area contributed by atoms with Crippen LogP contribution in [0.1, 0.15) is 47.4 Å². The molecule has 0 saturated carbocycles. The summed E-state index contributed by atoms with van der Waals surface area (Å²) < 4.78 is 7.19. The molecule has 0 radical (unpaired) electrons. The van der Waals surface area contributed by atoms with Gasteiger partial charge in [0.25, 0.3) is 0 Å². The van der Waals surface area contributed by atoms with Crippen LogP contribution in [0.4, 0.5) is 0 Å². The third-order valence-corrected chi connectivity index (χ3v) is 5.66. The van der Waals surface area contributed by atoms with E-state index < -0.39 is 0 Å². The van der Waals surface area contributed by atoms with Crippen LogP contribution in [0.5, 0.6) is 0 Å². The molecule has 6 heteroatoms. The highest BCUT2D eigenvalue weighted by Gasteiger charge is 2.27. The third-order valence-electron chi connectivity index (χ3n) is 4.66. The van der Waals surface area contributed by atoms with Gasteiger partial charge in [0.05, 0.1) is 6.54 Å². The van der Waals surface area contributed by atoms with E-state index in [0.717, 1.165) is 31.0 Å². The van der Waals surface area contributed by atoms with Gasteiger partial charge in [0.15, 0.2) is 5.82 Å². The van der Waals surface area contributed by atoms with Crippen LogP contribution < -0.4 is 5.32 Å². The Kier molecular flexibility index (Phi) is 3.98. The summed E-state index contributed by atoms with van der Waals surface area (Å²) in [5.74, 6) is 1.90. The number of aryl methyl sites for hydroxylation is 2. The van der Waals surface area contributed by atoms with Crippen LogP contribution in [0, 0.1) is 0 Å². The normalized spacial score (nSPS) is 24.0. The summed E-state index contributed by atoms with van der Waals surface area (Å²) in [6, 6.07) is 3.31. The van der Waals surface area contributed by atoms with E-state index in [4.69, 9.17) is 4.74 Å². The van der Waals surface area contributed by atoms with Crippen LogP contribution in [0.3, 0.4) is 0 Å². The topological polar surface area (TPSA) is 52.0 Å². The van der Waals surface area contributed by atoms with Crippen LogP contribution in [-0.2, 0) is 30.7 Å². The molecule has 1 N–H and O–H groups in total. The van der Waals surface area contributed by atoms with E-state index in [1.807, 2.05) is 11.3 Å². The molecule has 118 valence electrons. The average Bonchev–Trinajstić information content (AvgIpc) is 3.13. The van der Waals surface area contributed by atoms with Crippen LogP contribution in [0.2, 0.25) is 0 Å². The lowest BCUT2D eigenvalue weighted by Gasteiger charge is -2.31. The quantitative estimate of drug-likeness (QED) is 0.941. The molecule has 2 aliphatic rings. The summed E-state index contributed by atoms with van der Waals surface area (Å²) in [6.45, 7) is 1.42. The molecule has 0 fully saturated rings. The van der Waals surface area contributed by atoms with Crippen molar-refractivity contribution in [2.45, 2.75) is 57.3 Å². The van der Waals surface area contributed by atoms with Gasteiger partial charge in [0.1, 0.15) is 12.4 Å². The first-order valence-electron chi connectivity index (χ1n) is 8.07. The van der Waals surface area contributed by atoms with Gasteiger partial charge >= 0.3 is 0 Å². The number of hydrogen-bond acceptors (Lipinski definition) is 5. The average molecular weight is 318 g/mol. The van der Waals surface area contributed by atoms with Crippen LogP contribution >= 0.6 is 11.3 Å². The molecule has 1 aliphatic carbocycles. The Morgan fingerprint density at radius 3 is 3.27 bits per heavy atom. The van der Waals surface area contributed by atoms with Gasteiger partial charge in [-0.2, -0.15) is 5.10 Å². The fraction of sp³-hybridized carbons (Fsp3) is 0.625. The van der Waals surface area contributed by atoms with Crippen LogP contribution in [-0.4, -0.2) is 27.9 Å². The first-order chi connectivity index (χ1) is 10.8. The van der Waals surface area contributed by atoms with Gasteiger partial charge in [0, 0.05) is 30.5 Å². The van der Waals surface area contributed by atoms with Crippen molar-refractivity contribution in [1.82, 2.24) is 20.1 Å². The molecule has 5 nitrogen and oxygen atoms in total. The Labute approximate surface area is 134 Å². The molecule has 0 spiro atoms. The number of fused-ring (bicyclic) bond motifs is 2. The summed E-state index contributed by atoms with van der Waals surface area (Å²) in [4.78, 5) is 6.12. The lowest BCUT2D eigenvalue weighted by molar-refractivity contribution is 0.177. The third kappa shape index (κ3) is 2.71. The minimum absolute atomic E-state index is 0.487. The fourth-order valence-corrected chi connectivity index (χ4v) is 4.62. The number of methoxy groups -OCH3 is 1. The molecule has 4 rings (SSSR count). The number of ether oxygens (including phenoxy) is 1. The largest absolute Gasteiger partial charge is 0.377 e. The summed E-state index contributed by atoms with van der Waals surface area (Å²) >= 11 is 1.91. The minimum Gasteiger partial charge on any atom is -0.377 e.